The van der Waals surface area contributed by atoms with Crippen molar-refractivity contribution < 1.29 is 23.1 Å². The molecule has 9 heteroatoms. The molecule has 0 aromatic carbocycles. The van der Waals surface area contributed by atoms with Crippen LogP contribution in [0.5, 0.6) is 0 Å². The summed E-state index contributed by atoms with van der Waals surface area (Å²) >= 11 is 0. The minimum Gasteiger partial charge on any atom is -0.481 e. The van der Waals surface area contributed by atoms with Crippen LogP contribution in [0.15, 0.2) is 0 Å². The summed E-state index contributed by atoms with van der Waals surface area (Å²) in [5.41, 5.74) is 0. The average molecular weight is 293 g/mol. The number of hydrogen-bond acceptors (Lipinski definition) is 4. The normalized spacial score (nSPS) is 23.0. The van der Waals surface area contributed by atoms with Crippen LogP contribution in [0.25, 0.3) is 0 Å². The number of nitrogens with one attached hydrogen (secondary N) is 2. The minimum atomic E-state index is -3.59. The predicted molar refractivity (Wildman–Crippen MR) is 67.8 cm³/mol. The Morgan fingerprint density at radius 2 is 1.95 bits per heavy atom. The smallest absolute Gasteiger partial charge is 0.314 e. The molecule has 0 heterocycles. The molecule has 0 spiro atoms. The lowest BCUT2D eigenvalue weighted by atomic mass is 9.96. The molecule has 1 fully saturated rings. The highest BCUT2D eigenvalue weighted by atomic mass is 32.2. The van der Waals surface area contributed by atoms with Gasteiger partial charge >= 0.3 is 12.0 Å². The number of carbonyl (C=O) groups excluding carboxylic acids is 1. The van der Waals surface area contributed by atoms with E-state index in [-0.39, 0.29) is 24.8 Å². The zero-order valence-electron chi connectivity index (χ0n) is 10.5. The number of nitrogens with two attached hydrogens (primary N) is 1. The molecule has 1 aliphatic carbocycles. The van der Waals surface area contributed by atoms with Gasteiger partial charge in [0.25, 0.3) is 0 Å². The number of primary sulfonamides is 1. The second-order valence-electron chi connectivity index (χ2n) is 4.64. The lowest BCUT2D eigenvalue weighted by Gasteiger charge is -2.16. The van der Waals surface area contributed by atoms with Crippen molar-refractivity contribution >= 4 is 22.0 Å². The molecule has 19 heavy (non-hydrogen) atoms. The highest BCUT2D eigenvalue weighted by Crippen LogP contribution is 2.31. The number of carboxylic acids is 1. The van der Waals surface area contributed by atoms with Crippen molar-refractivity contribution in [3.05, 3.63) is 0 Å². The van der Waals surface area contributed by atoms with Crippen LogP contribution < -0.4 is 15.8 Å². The van der Waals surface area contributed by atoms with E-state index < -0.39 is 27.9 Å². The molecule has 110 valence electrons. The third-order valence-corrected chi connectivity index (χ3v) is 3.95. The fourth-order valence-corrected chi connectivity index (χ4v) is 2.59. The molecule has 0 aromatic heterocycles. The van der Waals surface area contributed by atoms with E-state index >= 15 is 0 Å². The zero-order valence-corrected chi connectivity index (χ0v) is 11.3. The lowest BCUT2D eigenvalue weighted by molar-refractivity contribution is -0.142. The summed E-state index contributed by atoms with van der Waals surface area (Å²) in [6, 6.07) is -0.514. The molecule has 0 aliphatic heterocycles. The highest BCUT2D eigenvalue weighted by molar-refractivity contribution is 7.89. The molecule has 2 atom stereocenters. The molecule has 0 radical (unpaired) electrons. The fourth-order valence-electron chi connectivity index (χ4n) is 2.20. The third-order valence-electron chi connectivity index (χ3n) is 3.17. The van der Waals surface area contributed by atoms with E-state index in [4.69, 9.17) is 10.2 Å². The number of sulfonamides is 1. The summed E-state index contributed by atoms with van der Waals surface area (Å²) in [6.07, 6.45) is 2.25. The number of carboxylic acid groups (broad SMARTS) is 1. The number of rotatable bonds is 6. The first-order chi connectivity index (χ1) is 8.79. The van der Waals surface area contributed by atoms with Gasteiger partial charge in [-0.15, -0.1) is 0 Å². The van der Waals surface area contributed by atoms with Gasteiger partial charge in [-0.1, -0.05) is 6.42 Å². The highest BCUT2D eigenvalue weighted by Gasteiger charge is 2.32. The first-order valence-corrected chi connectivity index (χ1v) is 7.76. The Balaban J connectivity index is 2.25. The van der Waals surface area contributed by atoms with Crippen molar-refractivity contribution in [2.45, 2.75) is 19.3 Å². The van der Waals surface area contributed by atoms with Crippen LogP contribution in [0.2, 0.25) is 0 Å². The Kier molecular flexibility index (Phi) is 5.55. The molecule has 8 nitrogen and oxygen atoms in total. The van der Waals surface area contributed by atoms with Gasteiger partial charge in [0, 0.05) is 13.1 Å². The second kappa shape index (κ2) is 6.71. The summed E-state index contributed by atoms with van der Waals surface area (Å²) in [5.74, 6) is -1.65. The average Bonchev–Trinajstić information content (AvgIpc) is 2.72. The first-order valence-electron chi connectivity index (χ1n) is 6.04. The van der Waals surface area contributed by atoms with Crippen LogP contribution in [0.3, 0.4) is 0 Å². The summed E-state index contributed by atoms with van der Waals surface area (Å²) < 4.78 is 21.3. The Hall–Kier alpha value is -1.35. The van der Waals surface area contributed by atoms with Gasteiger partial charge in [0.1, 0.15) is 0 Å². The van der Waals surface area contributed by atoms with Gasteiger partial charge in [-0.3, -0.25) is 4.79 Å². The first kappa shape index (κ1) is 15.7. The van der Waals surface area contributed by atoms with Gasteiger partial charge in [0.2, 0.25) is 10.0 Å². The minimum absolute atomic E-state index is 0.0681. The fraction of sp³-hybridized carbons (Fsp3) is 0.800. The summed E-state index contributed by atoms with van der Waals surface area (Å²) in [7, 11) is -3.59. The number of urea groups is 1. The van der Waals surface area contributed by atoms with Crippen LogP contribution in [0.1, 0.15) is 19.3 Å². The monoisotopic (exact) mass is 293 g/mol. The maximum atomic E-state index is 11.4. The van der Waals surface area contributed by atoms with Gasteiger partial charge in [-0.25, -0.2) is 18.4 Å². The van der Waals surface area contributed by atoms with Gasteiger partial charge < -0.3 is 15.7 Å². The van der Waals surface area contributed by atoms with Crippen LogP contribution in [-0.2, 0) is 14.8 Å². The largest absolute Gasteiger partial charge is 0.481 e. The molecule has 1 saturated carbocycles. The molecule has 5 N–H and O–H groups in total. The van der Waals surface area contributed by atoms with Crippen molar-refractivity contribution in [3.8, 4) is 0 Å². The van der Waals surface area contributed by atoms with Crippen LogP contribution in [-0.4, -0.2) is 44.4 Å². The van der Waals surface area contributed by atoms with E-state index in [0.29, 0.717) is 6.42 Å². The Morgan fingerprint density at radius 3 is 2.53 bits per heavy atom. The Labute approximate surface area is 111 Å². The van der Waals surface area contributed by atoms with Crippen LogP contribution in [0, 0.1) is 11.8 Å². The summed E-state index contributed by atoms with van der Waals surface area (Å²) in [6.45, 7) is 0.204. The summed E-state index contributed by atoms with van der Waals surface area (Å²) in [4.78, 5) is 22.3. The molecule has 1 rings (SSSR count). The van der Waals surface area contributed by atoms with Crippen molar-refractivity contribution in [1.29, 1.82) is 0 Å². The Morgan fingerprint density at radius 1 is 1.26 bits per heavy atom. The van der Waals surface area contributed by atoms with Gasteiger partial charge in [0.15, 0.2) is 0 Å². The number of aliphatic carboxylic acids is 1. The molecule has 0 bridgehead atoms. The van der Waals surface area contributed by atoms with Crippen molar-refractivity contribution in [2.24, 2.45) is 17.0 Å². The number of amides is 2. The van der Waals surface area contributed by atoms with E-state index in [1.165, 1.54) is 0 Å². The molecule has 2 amide bonds. The van der Waals surface area contributed by atoms with E-state index in [1.807, 2.05) is 0 Å². The second-order valence-corrected chi connectivity index (χ2v) is 6.37. The van der Waals surface area contributed by atoms with Crippen LogP contribution in [0.4, 0.5) is 4.79 Å². The molecule has 0 saturated heterocycles. The van der Waals surface area contributed by atoms with Gasteiger partial charge in [0.05, 0.1) is 11.7 Å². The van der Waals surface area contributed by atoms with Crippen molar-refractivity contribution in [1.82, 2.24) is 10.6 Å². The zero-order chi connectivity index (χ0) is 14.5. The Bertz CT molecular complexity index is 436. The SMILES string of the molecule is NS(=O)(=O)CCNC(=O)NCC1CCCC1C(=O)O. The lowest BCUT2D eigenvalue weighted by Crippen LogP contribution is -2.41. The molecular formula is C10H19N3O5S. The van der Waals surface area contributed by atoms with Crippen molar-refractivity contribution in [3.63, 3.8) is 0 Å². The third kappa shape index (κ3) is 5.88. The quantitative estimate of drug-likeness (QED) is 0.501. The van der Waals surface area contributed by atoms with E-state index in [2.05, 4.69) is 10.6 Å². The number of hydrogen-bond donors (Lipinski definition) is 4. The topological polar surface area (TPSA) is 139 Å². The van der Waals surface area contributed by atoms with Gasteiger partial charge in [-0.2, -0.15) is 0 Å². The maximum Gasteiger partial charge on any atom is 0.314 e. The molecule has 0 aromatic rings. The van der Waals surface area contributed by atoms with E-state index in [9.17, 15) is 18.0 Å². The summed E-state index contributed by atoms with van der Waals surface area (Å²) in [5, 5.41) is 18.7. The number of carbonyl (C=O) groups is 2. The molecule has 2 unspecified atom stereocenters. The van der Waals surface area contributed by atoms with E-state index in [1.54, 1.807) is 0 Å². The van der Waals surface area contributed by atoms with Gasteiger partial charge in [-0.05, 0) is 18.8 Å². The molecule has 1 aliphatic rings. The van der Waals surface area contributed by atoms with E-state index in [0.717, 1.165) is 12.8 Å². The standard InChI is InChI=1S/C10H19N3O5S/c11-19(17,18)5-4-12-10(16)13-6-7-2-1-3-8(7)9(14)15/h7-8H,1-6H2,(H,14,15)(H2,11,17,18)(H2,12,13,16). The van der Waals surface area contributed by atoms with Crippen LogP contribution >= 0.6 is 0 Å². The van der Waals surface area contributed by atoms with Crippen molar-refractivity contribution in [2.75, 3.05) is 18.8 Å². The maximum absolute atomic E-state index is 11.4. The predicted octanol–water partition coefficient (Wildman–Crippen LogP) is -0.925. The molecular weight excluding hydrogens is 274 g/mol.